The van der Waals surface area contributed by atoms with Gasteiger partial charge in [-0.15, -0.1) is 0 Å². The third kappa shape index (κ3) is 12.1. The molecule has 0 aliphatic heterocycles. The number of hydrogen-bond donors (Lipinski definition) is 0. The largest absolute Gasteiger partial charge is 0.269 e. The van der Waals surface area contributed by atoms with E-state index in [2.05, 4.69) is 18.8 Å². The minimum atomic E-state index is 0.607. The average Bonchev–Trinajstić information content (AvgIpc) is 2.07. The topological polar surface area (TPSA) is 12.4 Å². The number of rotatable bonds is 3. The van der Waals surface area contributed by atoms with Crippen molar-refractivity contribution in [2.45, 2.75) is 48.0 Å². The lowest BCUT2D eigenvalue weighted by atomic mass is 10.1. The highest BCUT2D eigenvalue weighted by Crippen LogP contribution is 1.96. The summed E-state index contributed by atoms with van der Waals surface area (Å²) < 4.78 is 0. The summed E-state index contributed by atoms with van der Waals surface area (Å²) in [7, 11) is 0. The fourth-order valence-corrected chi connectivity index (χ4v) is 0.444. The zero-order chi connectivity index (χ0) is 9.98. The third-order valence-electron chi connectivity index (χ3n) is 1.32. The van der Waals surface area contributed by atoms with Gasteiger partial charge in [0.05, 0.1) is 0 Å². The van der Waals surface area contributed by atoms with Crippen molar-refractivity contribution in [2.24, 2.45) is 10.9 Å². The maximum absolute atomic E-state index is 4.15. The van der Waals surface area contributed by atoms with E-state index < -0.39 is 0 Å². The van der Waals surface area contributed by atoms with Crippen molar-refractivity contribution in [1.29, 1.82) is 0 Å². The third-order valence-corrected chi connectivity index (χ3v) is 1.32. The van der Waals surface area contributed by atoms with E-state index >= 15 is 0 Å². The van der Waals surface area contributed by atoms with E-state index in [0.29, 0.717) is 5.92 Å². The molecule has 0 amide bonds. The zero-order valence-electron chi connectivity index (χ0n) is 9.39. The molecule has 12 heavy (non-hydrogen) atoms. The standard InChI is InChI=1S/C9H17N.C2H6/c1-5-9(4)7-10-6-8(2)3;1-2/h6-7,9H,5H2,1-4H3;1-2H3. The van der Waals surface area contributed by atoms with Gasteiger partial charge < -0.3 is 0 Å². The van der Waals surface area contributed by atoms with Crippen molar-refractivity contribution < 1.29 is 0 Å². The van der Waals surface area contributed by atoms with Gasteiger partial charge in [0, 0.05) is 12.4 Å². The van der Waals surface area contributed by atoms with E-state index in [9.17, 15) is 0 Å². The van der Waals surface area contributed by atoms with Crippen LogP contribution < -0.4 is 0 Å². The molecule has 1 atom stereocenters. The second-order valence-corrected chi connectivity index (χ2v) is 2.89. The van der Waals surface area contributed by atoms with Crippen molar-refractivity contribution in [1.82, 2.24) is 0 Å². The highest BCUT2D eigenvalue weighted by Gasteiger charge is 1.88. The molecule has 0 saturated carbocycles. The summed E-state index contributed by atoms with van der Waals surface area (Å²) in [4.78, 5) is 4.15. The first-order valence-corrected chi connectivity index (χ1v) is 4.83. The Morgan fingerprint density at radius 3 is 2.17 bits per heavy atom. The van der Waals surface area contributed by atoms with Crippen LogP contribution in [0.25, 0.3) is 0 Å². The van der Waals surface area contributed by atoms with Gasteiger partial charge in [0.1, 0.15) is 0 Å². The molecule has 1 nitrogen and oxygen atoms in total. The van der Waals surface area contributed by atoms with Gasteiger partial charge in [0.25, 0.3) is 0 Å². The van der Waals surface area contributed by atoms with Gasteiger partial charge >= 0.3 is 0 Å². The van der Waals surface area contributed by atoms with Crippen LogP contribution in [0, 0.1) is 5.92 Å². The Hall–Kier alpha value is -0.590. The Balaban J connectivity index is 0. The summed E-state index contributed by atoms with van der Waals surface area (Å²) in [5.74, 6) is 0.607. The molecule has 0 aliphatic carbocycles. The van der Waals surface area contributed by atoms with Crippen LogP contribution in [0.1, 0.15) is 48.0 Å². The highest BCUT2D eigenvalue weighted by atomic mass is 14.7. The van der Waals surface area contributed by atoms with Gasteiger partial charge in [-0.3, -0.25) is 4.99 Å². The number of nitrogens with zero attached hydrogens (tertiary/aromatic N) is 1. The Morgan fingerprint density at radius 2 is 1.83 bits per heavy atom. The Morgan fingerprint density at radius 1 is 1.33 bits per heavy atom. The molecule has 0 N–H and O–H groups in total. The normalized spacial score (nSPS) is 11.8. The van der Waals surface area contributed by atoms with Crippen LogP contribution in [0.5, 0.6) is 0 Å². The van der Waals surface area contributed by atoms with Crippen LogP contribution in [0.3, 0.4) is 0 Å². The first-order valence-electron chi connectivity index (χ1n) is 4.83. The van der Waals surface area contributed by atoms with Crippen LogP contribution in [0.2, 0.25) is 0 Å². The van der Waals surface area contributed by atoms with Crippen molar-refractivity contribution in [2.75, 3.05) is 0 Å². The molecule has 1 unspecified atom stereocenters. The molecule has 0 aromatic carbocycles. The minimum Gasteiger partial charge on any atom is -0.269 e. The summed E-state index contributed by atoms with van der Waals surface area (Å²) in [5.41, 5.74) is 1.25. The lowest BCUT2D eigenvalue weighted by molar-refractivity contribution is 0.754. The second-order valence-electron chi connectivity index (χ2n) is 2.89. The molecule has 0 aromatic rings. The number of aliphatic imine (C=N–C) groups is 1. The molecule has 0 spiro atoms. The van der Waals surface area contributed by atoms with Gasteiger partial charge in [-0.1, -0.05) is 33.3 Å². The van der Waals surface area contributed by atoms with E-state index in [-0.39, 0.29) is 0 Å². The fraction of sp³-hybridized carbons (Fsp3) is 0.727. The first kappa shape index (κ1) is 14.0. The molecule has 0 rings (SSSR count). The molecule has 0 fully saturated rings. The Kier molecular flexibility index (Phi) is 12.1. The van der Waals surface area contributed by atoms with Crippen molar-refractivity contribution in [3.63, 3.8) is 0 Å². The molecular weight excluding hydrogens is 146 g/mol. The smallest absolute Gasteiger partial charge is 0.0250 e. The predicted molar refractivity (Wildman–Crippen MR) is 58.7 cm³/mol. The predicted octanol–water partition coefficient (Wildman–Crippen LogP) is 4.05. The lowest BCUT2D eigenvalue weighted by Crippen LogP contribution is -1.90. The Bertz CT molecular complexity index is 130. The van der Waals surface area contributed by atoms with E-state index in [1.165, 1.54) is 12.0 Å². The van der Waals surface area contributed by atoms with Gasteiger partial charge in [0.15, 0.2) is 0 Å². The van der Waals surface area contributed by atoms with Gasteiger partial charge in [-0.05, 0) is 26.2 Å². The summed E-state index contributed by atoms with van der Waals surface area (Å²) in [5, 5.41) is 0. The molecule has 1 heteroatoms. The molecule has 0 saturated heterocycles. The molecule has 0 bridgehead atoms. The molecule has 0 aromatic heterocycles. The fourth-order valence-electron chi connectivity index (χ4n) is 0.444. The van der Waals surface area contributed by atoms with E-state index in [4.69, 9.17) is 0 Å². The quantitative estimate of drug-likeness (QED) is 0.565. The maximum atomic E-state index is 4.15. The van der Waals surface area contributed by atoms with Gasteiger partial charge in [-0.25, -0.2) is 0 Å². The van der Waals surface area contributed by atoms with Gasteiger partial charge in [0.2, 0.25) is 0 Å². The molecular formula is C11H23N. The van der Waals surface area contributed by atoms with Crippen molar-refractivity contribution in [3.8, 4) is 0 Å². The summed E-state index contributed by atoms with van der Waals surface area (Å²) in [6, 6.07) is 0. The van der Waals surface area contributed by atoms with Crippen molar-refractivity contribution >= 4 is 6.21 Å². The SMILES string of the molecule is CC.CCC(C)C=NC=C(C)C. The second kappa shape index (κ2) is 10.4. The summed E-state index contributed by atoms with van der Waals surface area (Å²) in [6.45, 7) is 12.4. The highest BCUT2D eigenvalue weighted by molar-refractivity contribution is 5.60. The van der Waals surface area contributed by atoms with E-state index in [0.717, 1.165) is 0 Å². The van der Waals surface area contributed by atoms with Crippen molar-refractivity contribution in [3.05, 3.63) is 11.8 Å². The summed E-state index contributed by atoms with van der Waals surface area (Å²) >= 11 is 0. The first-order chi connectivity index (χ1) is 5.66. The monoisotopic (exact) mass is 169 g/mol. The van der Waals surface area contributed by atoms with Crippen LogP contribution in [-0.4, -0.2) is 6.21 Å². The number of allylic oxidation sites excluding steroid dienone is 1. The zero-order valence-corrected chi connectivity index (χ0v) is 9.39. The van der Waals surface area contributed by atoms with Crippen LogP contribution in [0.15, 0.2) is 16.8 Å². The maximum Gasteiger partial charge on any atom is 0.0250 e. The van der Waals surface area contributed by atoms with Crippen LogP contribution >= 0.6 is 0 Å². The van der Waals surface area contributed by atoms with Crippen LogP contribution in [0.4, 0.5) is 0 Å². The minimum absolute atomic E-state index is 0.607. The average molecular weight is 169 g/mol. The van der Waals surface area contributed by atoms with Crippen LogP contribution in [-0.2, 0) is 0 Å². The van der Waals surface area contributed by atoms with E-state index in [1.54, 1.807) is 0 Å². The molecule has 0 radical (unpaired) electrons. The molecule has 0 heterocycles. The molecule has 72 valence electrons. The number of hydrogen-bond acceptors (Lipinski definition) is 1. The molecule has 0 aliphatic rings. The summed E-state index contributed by atoms with van der Waals surface area (Å²) in [6.07, 6.45) is 5.05. The van der Waals surface area contributed by atoms with Gasteiger partial charge in [-0.2, -0.15) is 0 Å². The van der Waals surface area contributed by atoms with E-state index in [1.807, 2.05) is 40.1 Å². The lowest BCUT2D eigenvalue weighted by Gasteiger charge is -1.95. The Labute approximate surface area is 77.6 Å².